The fourth-order valence-corrected chi connectivity index (χ4v) is 2.26. The predicted molar refractivity (Wildman–Crippen MR) is 71.8 cm³/mol. The van der Waals surface area contributed by atoms with E-state index in [2.05, 4.69) is 10.3 Å². The lowest BCUT2D eigenvalue weighted by Gasteiger charge is -2.19. The summed E-state index contributed by atoms with van der Waals surface area (Å²) in [5.41, 5.74) is 1.03. The third-order valence-electron chi connectivity index (χ3n) is 3.21. The van der Waals surface area contributed by atoms with Gasteiger partial charge in [0.15, 0.2) is 11.5 Å². The van der Waals surface area contributed by atoms with Crippen molar-refractivity contribution < 1.29 is 9.47 Å². The Kier molecular flexibility index (Phi) is 3.35. The fourth-order valence-electron chi connectivity index (χ4n) is 2.26. The summed E-state index contributed by atoms with van der Waals surface area (Å²) in [6.07, 6.45) is 4.73. The van der Waals surface area contributed by atoms with E-state index in [0.29, 0.717) is 13.2 Å². The Morgan fingerprint density at radius 3 is 2.83 bits per heavy atom. The first-order valence-electron chi connectivity index (χ1n) is 6.62. The molecular formula is C14H18N2O2. The molecule has 96 valence electrons. The predicted octanol–water partition coefficient (Wildman–Crippen LogP) is 2.84. The third-order valence-corrected chi connectivity index (χ3v) is 3.21. The van der Waals surface area contributed by atoms with E-state index in [1.54, 1.807) is 0 Å². The number of hydrogen-bond acceptors (Lipinski definition) is 4. The molecule has 2 heterocycles. The van der Waals surface area contributed by atoms with E-state index in [9.17, 15) is 0 Å². The lowest BCUT2D eigenvalue weighted by Crippen LogP contribution is -2.16. The molecule has 0 spiro atoms. The smallest absolute Gasteiger partial charge is 0.163 e. The summed E-state index contributed by atoms with van der Waals surface area (Å²) >= 11 is 0. The summed E-state index contributed by atoms with van der Waals surface area (Å²) in [7, 11) is 0. The van der Waals surface area contributed by atoms with Crippen LogP contribution in [0.2, 0.25) is 0 Å². The number of aliphatic imine (C=N–C) groups is 1. The number of nitrogens with zero attached hydrogens (tertiary/aromatic N) is 1. The van der Waals surface area contributed by atoms with Crippen molar-refractivity contribution in [3.05, 3.63) is 18.2 Å². The molecule has 0 unspecified atom stereocenters. The molecule has 0 saturated heterocycles. The third kappa shape index (κ3) is 2.58. The van der Waals surface area contributed by atoms with Crippen LogP contribution in [0.4, 0.5) is 5.69 Å². The summed E-state index contributed by atoms with van der Waals surface area (Å²) in [5.74, 6) is 2.74. The van der Waals surface area contributed by atoms with Crippen LogP contribution in [-0.4, -0.2) is 25.6 Å². The molecule has 0 aliphatic carbocycles. The molecule has 0 atom stereocenters. The van der Waals surface area contributed by atoms with Gasteiger partial charge in [0.2, 0.25) is 0 Å². The Labute approximate surface area is 107 Å². The zero-order chi connectivity index (χ0) is 12.2. The highest BCUT2D eigenvalue weighted by atomic mass is 16.6. The number of rotatable bonds is 1. The minimum atomic E-state index is 0.622. The second kappa shape index (κ2) is 5.29. The maximum atomic E-state index is 5.57. The number of amidine groups is 1. The Morgan fingerprint density at radius 1 is 1.00 bits per heavy atom. The largest absolute Gasteiger partial charge is 0.486 e. The minimum Gasteiger partial charge on any atom is -0.486 e. The van der Waals surface area contributed by atoms with E-state index in [1.807, 2.05) is 18.2 Å². The monoisotopic (exact) mass is 246 g/mol. The van der Waals surface area contributed by atoms with Gasteiger partial charge < -0.3 is 14.8 Å². The maximum absolute atomic E-state index is 5.57. The molecule has 0 fully saturated rings. The molecule has 0 bridgehead atoms. The lowest BCUT2D eigenvalue weighted by molar-refractivity contribution is 0.171. The fraction of sp³-hybridized carbons (Fsp3) is 0.500. The Morgan fingerprint density at radius 2 is 1.89 bits per heavy atom. The first-order valence-corrected chi connectivity index (χ1v) is 6.62. The number of nitrogens with one attached hydrogen (secondary N) is 1. The van der Waals surface area contributed by atoms with Crippen molar-refractivity contribution in [3.63, 3.8) is 0 Å². The molecule has 1 N–H and O–H groups in total. The molecular weight excluding hydrogens is 228 g/mol. The van der Waals surface area contributed by atoms with Gasteiger partial charge >= 0.3 is 0 Å². The van der Waals surface area contributed by atoms with Crippen molar-refractivity contribution in [2.45, 2.75) is 25.7 Å². The van der Waals surface area contributed by atoms with Crippen LogP contribution in [0, 0.1) is 0 Å². The van der Waals surface area contributed by atoms with E-state index in [-0.39, 0.29) is 0 Å². The van der Waals surface area contributed by atoms with Gasteiger partial charge in [-0.05, 0) is 25.0 Å². The highest BCUT2D eigenvalue weighted by Gasteiger charge is 2.12. The van der Waals surface area contributed by atoms with Crippen LogP contribution in [0.3, 0.4) is 0 Å². The molecule has 4 nitrogen and oxygen atoms in total. The molecule has 0 radical (unpaired) electrons. The summed E-state index contributed by atoms with van der Waals surface area (Å²) in [5, 5.41) is 3.39. The second-order valence-electron chi connectivity index (χ2n) is 4.62. The summed E-state index contributed by atoms with van der Waals surface area (Å²) in [6.45, 7) is 2.19. The Balaban J connectivity index is 1.74. The van der Waals surface area contributed by atoms with Crippen molar-refractivity contribution in [2.24, 2.45) is 4.99 Å². The first kappa shape index (κ1) is 11.4. The van der Waals surface area contributed by atoms with E-state index in [1.165, 1.54) is 19.3 Å². The SMILES string of the molecule is c1cc2c(cc1NC1=NCCCCC1)OCCO2. The van der Waals surface area contributed by atoms with Crippen LogP contribution >= 0.6 is 0 Å². The molecule has 2 aliphatic heterocycles. The van der Waals surface area contributed by atoms with Crippen molar-refractivity contribution in [2.75, 3.05) is 25.1 Å². The quantitative estimate of drug-likeness (QED) is 0.828. The van der Waals surface area contributed by atoms with Gasteiger partial charge in [0.25, 0.3) is 0 Å². The zero-order valence-corrected chi connectivity index (χ0v) is 10.4. The molecule has 2 aliphatic rings. The molecule has 0 saturated carbocycles. The van der Waals surface area contributed by atoms with Crippen molar-refractivity contribution >= 4 is 11.5 Å². The molecule has 18 heavy (non-hydrogen) atoms. The van der Waals surface area contributed by atoms with Crippen LogP contribution in [0.25, 0.3) is 0 Å². The van der Waals surface area contributed by atoms with E-state index in [4.69, 9.17) is 9.47 Å². The summed E-state index contributed by atoms with van der Waals surface area (Å²) < 4.78 is 11.1. The lowest BCUT2D eigenvalue weighted by atomic mass is 10.2. The van der Waals surface area contributed by atoms with Crippen molar-refractivity contribution in [1.82, 2.24) is 0 Å². The van der Waals surface area contributed by atoms with Crippen LogP contribution in [-0.2, 0) is 0 Å². The standard InChI is InChI=1S/C14H18N2O2/c1-2-4-14(15-7-3-1)16-11-5-6-12-13(10-11)18-9-8-17-12/h5-6,10H,1-4,7-9H2,(H,15,16). The summed E-state index contributed by atoms with van der Waals surface area (Å²) in [6, 6.07) is 5.96. The van der Waals surface area contributed by atoms with Gasteiger partial charge in [-0.2, -0.15) is 0 Å². The average molecular weight is 246 g/mol. The average Bonchev–Trinajstić information content (AvgIpc) is 2.67. The molecule has 4 heteroatoms. The van der Waals surface area contributed by atoms with Gasteiger partial charge in [-0.25, -0.2) is 0 Å². The topological polar surface area (TPSA) is 42.9 Å². The van der Waals surface area contributed by atoms with Gasteiger partial charge in [-0.3, -0.25) is 4.99 Å². The van der Waals surface area contributed by atoms with Crippen molar-refractivity contribution in [3.8, 4) is 11.5 Å². The van der Waals surface area contributed by atoms with E-state index in [0.717, 1.165) is 36.0 Å². The molecule has 1 aromatic carbocycles. The Bertz CT molecular complexity index is 457. The van der Waals surface area contributed by atoms with Gasteiger partial charge in [-0.15, -0.1) is 0 Å². The highest BCUT2D eigenvalue weighted by Crippen LogP contribution is 2.32. The van der Waals surface area contributed by atoms with Crippen LogP contribution < -0.4 is 14.8 Å². The normalized spacial score (nSPS) is 18.8. The maximum Gasteiger partial charge on any atom is 0.163 e. The highest BCUT2D eigenvalue weighted by molar-refractivity contribution is 5.95. The van der Waals surface area contributed by atoms with Crippen LogP contribution in [0.15, 0.2) is 23.2 Å². The number of hydrogen-bond donors (Lipinski definition) is 1. The minimum absolute atomic E-state index is 0.622. The molecule has 0 aromatic heterocycles. The van der Waals surface area contributed by atoms with Gasteiger partial charge in [0, 0.05) is 24.7 Å². The van der Waals surface area contributed by atoms with Crippen molar-refractivity contribution in [1.29, 1.82) is 0 Å². The van der Waals surface area contributed by atoms with Crippen LogP contribution in [0.5, 0.6) is 11.5 Å². The van der Waals surface area contributed by atoms with E-state index >= 15 is 0 Å². The van der Waals surface area contributed by atoms with Gasteiger partial charge in [-0.1, -0.05) is 6.42 Å². The zero-order valence-electron chi connectivity index (χ0n) is 10.4. The first-order chi connectivity index (χ1) is 8.92. The van der Waals surface area contributed by atoms with Crippen LogP contribution in [0.1, 0.15) is 25.7 Å². The Hall–Kier alpha value is -1.71. The number of anilines is 1. The number of ether oxygens (including phenoxy) is 2. The molecule has 1 aromatic rings. The molecule has 3 rings (SSSR count). The van der Waals surface area contributed by atoms with Gasteiger partial charge in [0.05, 0.1) is 0 Å². The number of fused-ring (bicyclic) bond motifs is 1. The van der Waals surface area contributed by atoms with Gasteiger partial charge in [0.1, 0.15) is 19.0 Å². The number of benzene rings is 1. The second-order valence-corrected chi connectivity index (χ2v) is 4.62. The summed E-state index contributed by atoms with van der Waals surface area (Å²) in [4.78, 5) is 4.56. The van der Waals surface area contributed by atoms with E-state index < -0.39 is 0 Å². The molecule has 0 amide bonds.